The maximum atomic E-state index is 11.7. The second-order valence-corrected chi connectivity index (χ2v) is 11.6. The highest BCUT2D eigenvalue weighted by Gasteiger charge is 2.25. The first-order valence-electron chi connectivity index (χ1n) is 10.5. The monoisotopic (exact) mass is 426 g/mol. The fourth-order valence-corrected chi connectivity index (χ4v) is 4.89. The average molecular weight is 427 g/mol. The Morgan fingerprint density at radius 3 is 2.33 bits per heavy atom. The SMILES string of the molecule is CC(C)(C)CN1CCC(n2ncc3cc(-c4ccc(S(C)(=O)=O)cc4)ncc32)CC1. The van der Waals surface area contributed by atoms with E-state index < -0.39 is 9.84 Å². The molecular formula is C23H30N4O2S. The first kappa shape index (κ1) is 21.0. The highest BCUT2D eigenvalue weighted by atomic mass is 32.2. The third-order valence-electron chi connectivity index (χ3n) is 5.66. The average Bonchev–Trinajstić information content (AvgIpc) is 3.10. The normalized spacial score (nSPS) is 16.9. The number of likely N-dealkylation sites (tertiary alicyclic amines) is 1. The summed E-state index contributed by atoms with van der Waals surface area (Å²) in [6.07, 6.45) is 7.22. The zero-order chi connectivity index (χ0) is 21.5. The van der Waals surface area contributed by atoms with E-state index in [4.69, 9.17) is 0 Å². The Morgan fingerprint density at radius 2 is 1.73 bits per heavy atom. The topological polar surface area (TPSA) is 68.1 Å². The molecule has 0 spiro atoms. The third-order valence-corrected chi connectivity index (χ3v) is 6.79. The molecule has 0 saturated carbocycles. The molecule has 3 heterocycles. The van der Waals surface area contributed by atoms with Gasteiger partial charge in [0.15, 0.2) is 9.84 Å². The number of hydrogen-bond acceptors (Lipinski definition) is 5. The number of piperidine rings is 1. The fraction of sp³-hybridized carbons (Fsp3) is 0.478. The number of sulfone groups is 1. The second-order valence-electron chi connectivity index (χ2n) is 9.58. The van der Waals surface area contributed by atoms with Crippen LogP contribution in [-0.2, 0) is 9.84 Å². The molecule has 1 aliphatic heterocycles. The number of pyridine rings is 1. The van der Waals surface area contributed by atoms with Crippen molar-refractivity contribution in [1.82, 2.24) is 19.7 Å². The molecule has 1 aromatic carbocycles. The largest absolute Gasteiger partial charge is 0.303 e. The summed E-state index contributed by atoms with van der Waals surface area (Å²) in [5, 5.41) is 5.74. The molecule has 0 unspecified atom stereocenters. The minimum Gasteiger partial charge on any atom is -0.303 e. The summed E-state index contributed by atoms with van der Waals surface area (Å²) in [4.78, 5) is 7.51. The Bertz CT molecular complexity index is 1140. The van der Waals surface area contributed by atoms with Crippen molar-refractivity contribution in [2.75, 3.05) is 25.9 Å². The van der Waals surface area contributed by atoms with E-state index in [1.165, 1.54) is 6.26 Å². The standard InChI is InChI=1S/C23H30N4O2S/c1-23(2,3)16-26-11-9-19(10-12-26)27-22-15-24-21(13-18(22)14-25-27)17-5-7-20(8-6-17)30(4,28)29/h5-8,13-15,19H,9-12,16H2,1-4H3. The molecule has 0 N–H and O–H groups in total. The smallest absolute Gasteiger partial charge is 0.175 e. The van der Waals surface area contributed by atoms with Gasteiger partial charge in [-0.05, 0) is 36.5 Å². The lowest BCUT2D eigenvalue weighted by Gasteiger charge is -2.36. The number of hydrogen-bond donors (Lipinski definition) is 0. The molecule has 7 heteroatoms. The van der Waals surface area contributed by atoms with Crippen molar-refractivity contribution < 1.29 is 8.42 Å². The summed E-state index contributed by atoms with van der Waals surface area (Å²) in [7, 11) is -3.20. The first-order chi connectivity index (χ1) is 14.1. The molecule has 0 atom stereocenters. The van der Waals surface area contributed by atoms with Crippen LogP contribution in [0.15, 0.2) is 47.6 Å². The summed E-state index contributed by atoms with van der Waals surface area (Å²) < 4.78 is 25.5. The van der Waals surface area contributed by atoms with E-state index in [1.807, 2.05) is 18.5 Å². The van der Waals surface area contributed by atoms with Crippen molar-refractivity contribution in [2.45, 2.75) is 44.6 Å². The molecule has 4 rings (SSSR count). The number of nitrogens with zero attached hydrogens (tertiary/aromatic N) is 4. The third kappa shape index (κ3) is 4.57. The predicted molar refractivity (Wildman–Crippen MR) is 120 cm³/mol. The van der Waals surface area contributed by atoms with Gasteiger partial charge >= 0.3 is 0 Å². The number of aromatic nitrogens is 3. The molecule has 6 nitrogen and oxygen atoms in total. The number of rotatable bonds is 4. The highest BCUT2D eigenvalue weighted by molar-refractivity contribution is 7.90. The van der Waals surface area contributed by atoms with Gasteiger partial charge in [-0.25, -0.2) is 8.42 Å². The molecule has 0 bridgehead atoms. The summed E-state index contributed by atoms with van der Waals surface area (Å²) >= 11 is 0. The quantitative estimate of drug-likeness (QED) is 0.626. The van der Waals surface area contributed by atoms with E-state index in [2.05, 4.69) is 40.4 Å². The minimum absolute atomic E-state index is 0.318. The van der Waals surface area contributed by atoms with Gasteiger partial charge in [0, 0.05) is 36.8 Å². The first-order valence-corrected chi connectivity index (χ1v) is 12.4. The lowest BCUT2D eigenvalue weighted by atomic mass is 9.94. The van der Waals surface area contributed by atoms with Crippen LogP contribution in [-0.4, -0.2) is 54.0 Å². The Hall–Kier alpha value is -2.25. The molecule has 0 radical (unpaired) electrons. The predicted octanol–water partition coefficient (Wildman–Crippen LogP) is 4.18. The molecule has 0 amide bonds. The van der Waals surface area contributed by atoms with Gasteiger partial charge in [-0.15, -0.1) is 0 Å². The zero-order valence-electron chi connectivity index (χ0n) is 18.2. The minimum atomic E-state index is -3.20. The van der Waals surface area contributed by atoms with Crippen molar-refractivity contribution in [3.05, 3.63) is 42.7 Å². The van der Waals surface area contributed by atoms with Crippen LogP contribution in [0.25, 0.3) is 22.2 Å². The van der Waals surface area contributed by atoms with Crippen molar-refractivity contribution >= 4 is 20.7 Å². The molecule has 0 aliphatic carbocycles. The second kappa shape index (κ2) is 7.78. The Labute approximate surface area is 178 Å². The van der Waals surface area contributed by atoms with Gasteiger partial charge in [-0.1, -0.05) is 32.9 Å². The van der Waals surface area contributed by atoms with Crippen LogP contribution in [0.5, 0.6) is 0 Å². The summed E-state index contributed by atoms with van der Waals surface area (Å²) in [5.41, 5.74) is 3.10. The van der Waals surface area contributed by atoms with Gasteiger partial charge in [-0.2, -0.15) is 5.10 Å². The molecule has 1 fully saturated rings. The van der Waals surface area contributed by atoms with Gasteiger partial charge in [0.25, 0.3) is 0 Å². The van der Waals surface area contributed by atoms with Crippen LogP contribution in [0, 0.1) is 5.41 Å². The fourth-order valence-electron chi connectivity index (χ4n) is 4.26. The lowest BCUT2D eigenvalue weighted by molar-refractivity contribution is 0.136. The van der Waals surface area contributed by atoms with E-state index in [1.54, 1.807) is 24.3 Å². The van der Waals surface area contributed by atoms with E-state index in [-0.39, 0.29) is 0 Å². The molecule has 30 heavy (non-hydrogen) atoms. The molecule has 160 valence electrons. The maximum Gasteiger partial charge on any atom is 0.175 e. The van der Waals surface area contributed by atoms with Crippen LogP contribution in [0.3, 0.4) is 0 Å². The maximum absolute atomic E-state index is 11.7. The molecule has 1 aliphatic rings. The van der Waals surface area contributed by atoms with Gasteiger partial charge in [-0.3, -0.25) is 9.67 Å². The summed E-state index contributed by atoms with van der Waals surface area (Å²) in [6, 6.07) is 9.31. The Kier molecular flexibility index (Phi) is 5.45. The van der Waals surface area contributed by atoms with Crippen molar-refractivity contribution in [3.8, 4) is 11.3 Å². The van der Waals surface area contributed by atoms with Gasteiger partial charge in [0.2, 0.25) is 0 Å². The van der Waals surface area contributed by atoms with Crippen molar-refractivity contribution in [2.24, 2.45) is 5.41 Å². The van der Waals surface area contributed by atoms with E-state index in [0.29, 0.717) is 16.4 Å². The molecule has 2 aromatic heterocycles. The van der Waals surface area contributed by atoms with E-state index >= 15 is 0 Å². The Morgan fingerprint density at radius 1 is 1.07 bits per heavy atom. The van der Waals surface area contributed by atoms with Crippen LogP contribution >= 0.6 is 0 Å². The molecule has 1 saturated heterocycles. The number of fused-ring (bicyclic) bond motifs is 1. The summed E-state index contributed by atoms with van der Waals surface area (Å²) in [6.45, 7) is 10.2. The van der Waals surface area contributed by atoms with Gasteiger partial charge in [0.1, 0.15) is 0 Å². The highest BCUT2D eigenvalue weighted by Crippen LogP contribution is 2.29. The van der Waals surface area contributed by atoms with Gasteiger partial charge in [0.05, 0.1) is 34.5 Å². The van der Waals surface area contributed by atoms with E-state index in [0.717, 1.165) is 54.6 Å². The van der Waals surface area contributed by atoms with Gasteiger partial charge < -0.3 is 4.90 Å². The van der Waals surface area contributed by atoms with Crippen LogP contribution in [0.4, 0.5) is 0 Å². The van der Waals surface area contributed by atoms with E-state index in [9.17, 15) is 8.42 Å². The van der Waals surface area contributed by atoms with Crippen molar-refractivity contribution in [3.63, 3.8) is 0 Å². The lowest BCUT2D eigenvalue weighted by Crippen LogP contribution is -2.39. The zero-order valence-corrected chi connectivity index (χ0v) is 19.0. The summed E-state index contributed by atoms with van der Waals surface area (Å²) in [5.74, 6) is 0. The van der Waals surface area contributed by atoms with Crippen LogP contribution in [0.2, 0.25) is 0 Å². The van der Waals surface area contributed by atoms with Crippen LogP contribution in [0.1, 0.15) is 39.7 Å². The van der Waals surface area contributed by atoms with Crippen molar-refractivity contribution in [1.29, 1.82) is 0 Å². The number of benzene rings is 1. The van der Waals surface area contributed by atoms with Crippen LogP contribution < -0.4 is 0 Å². The Balaban J connectivity index is 1.52. The molecular weight excluding hydrogens is 396 g/mol. The molecule has 3 aromatic rings.